The van der Waals surface area contributed by atoms with Gasteiger partial charge in [0.25, 0.3) is 5.95 Å². The van der Waals surface area contributed by atoms with Crippen molar-refractivity contribution in [1.29, 1.82) is 0 Å². The van der Waals surface area contributed by atoms with Gasteiger partial charge in [0, 0.05) is 36.9 Å². The third kappa shape index (κ3) is 8.89. The number of alkyl halides is 6. The summed E-state index contributed by atoms with van der Waals surface area (Å²) in [4.78, 5) is 16.0. The van der Waals surface area contributed by atoms with E-state index in [2.05, 4.69) is 20.1 Å². The summed E-state index contributed by atoms with van der Waals surface area (Å²) in [6, 6.07) is 7.03. The number of benzene rings is 2. The normalized spacial score (nSPS) is 17.4. The smallest absolute Gasteiger partial charge is 0.481 e. The van der Waals surface area contributed by atoms with Crippen molar-refractivity contribution >= 4 is 29.2 Å². The van der Waals surface area contributed by atoms with Crippen LogP contribution in [0.3, 0.4) is 0 Å². The fraction of sp³-hybridized carbons (Fsp3) is 0.500. The molecule has 3 aromatic rings. The Morgan fingerprint density at radius 3 is 2.32 bits per heavy atom. The van der Waals surface area contributed by atoms with E-state index in [9.17, 15) is 36.2 Å². The Bertz CT molecular complexity index is 1440. The standard InChI is InChI=1S/C28H31ClF6N6O3/c1-3-40(14-17-4-6-19(7-5-17)25(42)43)24-9-8-23(44-28(33,34)35)12-20(24)16-41(26-36-38-39(2)37-26)15-18-10-21(27(30,31)32)13-22(29)11-18/h8-13,17,19H,3-7,14-16H2,1-2H3,(H,42,43). The van der Waals surface area contributed by atoms with E-state index in [0.29, 0.717) is 50.0 Å². The van der Waals surface area contributed by atoms with E-state index in [1.54, 1.807) is 0 Å². The maximum absolute atomic E-state index is 13.5. The van der Waals surface area contributed by atoms with Crippen LogP contribution < -0.4 is 14.5 Å². The van der Waals surface area contributed by atoms with Gasteiger partial charge < -0.3 is 19.6 Å². The molecule has 0 aliphatic heterocycles. The van der Waals surface area contributed by atoms with Gasteiger partial charge in [-0.05, 0) is 91.3 Å². The molecule has 0 spiro atoms. The number of carboxylic acid groups (broad SMARTS) is 1. The SMILES string of the molecule is CCN(CC1CCC(C(=O)O)CC1)c1ccc(OC(F)(F)F)cc1CN(Cc1cc(Cl)cc(C(F)(F)F)c1)c1nnn(C)n1. The zero-order valence-corrected chi connectivity index (χ0v) is 24.6. The number of ether oxygens (including phenoxy) is 1. The van der Waals surface area contributed by atoms with Gasteiger partial charge in [0.2, 0.25) is 0 Å². The Hall–Kier alpha value is -3.75. The summed E-state index contributed by atoms with van der Waals surface area (Å²) >= 11 is 6.01. The monoisotopic (exact) mass is 648 g/mol. The van der Waals surface area contributed by atoms with Gasteiger partial charge >= 0.3 is 18.5 Å². The molecule has 0 amide bonds. The lowest BCUT2D eigenvalue weighted by Crippen LogP contribution is -2.34. The molecule has 2 aromatic carbocycles. The lowest BCUT2D eigenvalue weighted by molar-refractivity contribution is -0.274. The fourth-order valence-corrected chi connectivity index (χ4v) is 5.68. The highest BCUT2D eigenvalue weighted by Crippen LogP contribution is 2.36. The number of anilines is 2. The zero-order valence-electron chi connectivity index (χ0n) is 23.9. The molecule has 16 heteroatoms. The number of halogens is 7. The molecule has 44 heavy (non-hydrogen) atoms. The highest BCUT2D eigenvalue weighted by molar-refractivity contribution is 6.30. The van der Waals surface area contributed by atoms with Crippen LogP contribution in [-0.4, -0.2) is 50.7 Å². The molecule has 1 aliphatic carbocycles. The number of nitrogens with zero attached hydrogens (tertiary/aromatic N) is 6. The van der Waals surface area contributed by atoms with Crippen LogP contribution in [0.4, 0.5) is 38.0 Å². The van der Waals surface area contributed by atoms with Gasteiger partial charge in [-0.3, -0.25) is 4.79 Å². The van der Waals surface area contributed by atoms with Gasteiger partial charge in [0.1, 0.15) is 5.75 Å². The van der Waals surface area contributed by atoms with Gasteiger partial charge in [0.15, 0.2) is 0 Å². The van der Waals surface area contributed by atoms with E-state index in [1.807, 2.05) is 11.8 Å². The number of carbonyl (C=O) groups is 1. The summed E-state index contributed by atoms with van der Waals surface area (Å²) in [5.41, 5.74) is 0.170. The molecule has 0 bridgehead atoms. The Morgan fingerprint density at radius 1 is 1.05 bits per heavy atom. The van der Waals surface area contributed by atoms with E-state index < -0.39 is 35.7 Å². The lowest BCUT2D eigenvalue weighted by atomic mass is 9.81. The van der Waals surface area contributed by atoms with Crippen molar-refractivity contribution in [1.82, 2.24) is 20.2 Å². The van der Waals surface area contributed by atoms with Crippen molar-refractivity contribution in [2.45, 2.75) is 58.2 Å². The molecule has 1 heterocycles. The molecule has 1 fully saturated rings. The van der Waals surface area contributed by atoms with Crippen LogP contribution in [0, 0.1) is 11.8 Å². The van der Waals surface area contributed by atoms with Crippen molar-refractivity contribution in [2.75, 3.05) is 22.9 Å². The van der Waals surface area contributed by atoms with Crippen molar-refractivity contribution in [2.24, 2.45) is 18.9 Å². The van der Waals surface area contributed by atoms with E-state index in [1.165, 1.54) is 36.2 Å². The predicted octanol–water partition coefficient (Wildman–Crippen LogP) is 6.71. The first kappa shape index (κ1) is 33.1. The number of tetrazole rings is 1. The van der Waals surface area contributed by atoms with E-state index in [4.69, 9.17) is 11.6 Å². The van der Waals surface area contributed by atoms with Gasteiger partial charge in [-0.1, -0.05) is 16.7 Å². The summed E-state index contributed by atoms with van der Waals surface area (Å²) < 4.78 is 84.3. The third-order valence-corrected chi connectivity index (χ3v) is 7.70. The molecular weight excluding hydrogens is 618 g/mol. The molecule has 1 saturated carbocycles. The molecule has 4 rings (SSSR count). The van der Waals surface area contributed by atoms with Gasteiger partial charge in [-0.25, -0.2) is 0 Å². The molecule has 0 unspecified atom stereocenters. The molecular formula is C28H31ClF6N6O3. The van der Waals surface area contributed by atoms with E-state index >= 15 is 0 Å². The summed E-state index contributed by atoms with van der Waals surface area (Å²) in [7, 11) is 1.50. The van der Waals surface area contributed by atoms with Gasteiger partial charge in [-0.15, -0.1) is 18.3 Å². The number of aromatic nitrogens is 4. The van der Waals surface area contributed by atoms with Crippen molar-refractivity contribution in [3.63, 3.8) is 0 Å². The zero-order chi connectivity index (χ0) is 32.2. The largest absolute Gasteiger partial charge is 0.573 e. The first-order valence-corrected chi connectivity index (χ1v) is 14.2. The van der Waals surface area contributed by atoms with Gasteiger partial charge in [0.05, 0.1) is 18.5 Å². The van der Waals surface area contributed by atoms with Crippen LogP contribution in [-0.2, 0) is 31.1 Å². The van der Waals surface area contributed by atoms with Crippen molar-refractivity contribution in [3.8, 4) is 5.75 Å². The van der Waals surface area contributed by atoms with Crippen LogP contribution in [0.5, 0.6) is 5.75 Å². The van der Waals surface area contributed by atoms with Crippen LogP contribution in [0.25, 0.3) is 0 Å². The average molecular weight is 649 g/mol. The highest BCUT2D eigenvalue weighted by atomic mass is 35.5. The Labute approximate surface area is 254 Å². The number of aliphatic carboxylic acids is 1. The van der Waals surface area contributed by atoms with E-state index in [-0.39, 0.29) is 35.5 Å². The topological polar surface area (TPSA) is 96.6 Å². The maximum atomic E-state index is 13.5. The first-order chi connectivity index (χ1) is 20.6. The lowest BCUT2D eigenvalue weighted by Gasteiger charge is -2.34. The van der Waals surface area contributed by atoms with Crippen molar-refractivity contribution < 1.29 is 41.0 Å². The quantitative estimate of drug-likeness (QED) is 0.229. The number of hydrogen-bond acceptors (Lipinski definition) is 7. The minimum atomic E-state index is -4.95. The Morgan fingerprint density at radius 2 is 1.75 bits per heavy atom. The van der Waals surface area contributed by atoms with Crippen LogP contribution >= 0.6 is 11.6 Å². The number of rotatable bonds is 11. The Balaban J connectivity index is 1.69. The minimum Gasteiger partial charge on any atom is -0.481 e. The average Bonchev–Trinajstić information content (AvgIpc) is 3.36. The number of hydrogen-bond donors (Lipinski definition) is 1. The summed E-state index contributed by atoms with van der Waals surface area (Å²) in [5, 5.41) is 21.2. The second-order valence-electron chi connectivity index (χ2n) is 10.7. The number of carboxylic acids is 1. The summed E-state index contributed by atoms with van der Waals surface area (Å²) in [5.74, 6) is -1.49. The molecule has 0 radical (unpaired) electrons. The number of aryl methyl sites for hydroxylation is 1. The molecule has 1 aromatic heterocycles. The second-order valence-corrected chi connectivity index (χ2v) is 11.2. The summed E-state index contributed by atoms with van der Waals surface area (Å²) in [6.45, 7) is 2.61. The molecule has 1 N–H and O–H groups in total. The molecule has 0 atom stereocenters. The molecule has 0 saturated heterocycles. The van der Waals surface area contributed by atoms with Gasteiger partial charge in [-0.2, -0.15) is 18.0 Å². The minimum absolute atomic E-state index is 0.0316. The highest BCUT2D eigenvalue weighted by Gasteiger charge is 2.33. The molecule has 240 valence electrons. The predicted molar refractivity (Wildman–Crippen MR) is 149 cm³/mol. The first-order valence-electron chi connectivity index (χ1n) is 13.8. The van der Waals surface area contributed by atoms with Crippen LogP contribution in [0.1, 0.15) is 49.3 Å². The Kier molecular flexibility index (Phi) is 10.2. The van der Waals surface area contributed by atoms with E-state index in [0.717, 1.165) is 16.9 Å². The third-order valence-electron chi connectivity index (χ3n) is 7.48. The van der Waals surface area contributed by atoms with Crippen LogP contribution in [0.2, 0.25) is 5.02 Å². The fourth-order valence-electron chi connectivity index (χ4n) is 5.42. The van der Waals surface area contributed by atoms with Crippen LogP contribution in [0.15, 0.2) is 36.4 Å². The molecule has 9 nitrogen and oxygen atoms in total. The second kappa shape index (κ2) is 13.5. The van der Waals surface area contributed by atoms with Crippen molar-refractivity contribution in [3.05, 3.63) is 58.1 Å². The maximum Gasteiger partial charge on any atom is 0.573 e. The summed E-state index contributed by atoms with van der Waals surface area (Å²) in [6.07, 6.45) is -7.17. The molecule has 1 aliphatic rings.